The summed E-state index contributed by atoms with van der Waals surface area (Å²) in [5.41, 5.74) is 0. The molecule has 2 aliphatic heterocycles. The van der Waals surface area contributed by atoms with Crippen molar-refractivity contribution in [1.29, 1.82) is 0 Å². The van der Waals surface area contributed by atoms with Crippen LogP contribution < -0.4 is 5.32 Å². The third-order valence-corrected chi connectivity index (χ3v) is 4.28. The normalized spacial score (nSPS) is 32.8. The number of hydrogen-bond acceptors (Lipinski definition) is 3. The minimum Gasteiger partial charge on any atom is -0.377 e. The van der Waals surface area contributed by atoms with Crippen LogP contribution in [0.5, 0.6) is 0 Å². The maximum absolute atomic E-state index is 12.7. The van der Waals surface area contributed by atoms with Gasteiger partial charge in [-0.3, -0.25) is 4.79 Å². The summed E-state index contributed by atoms with van der Waals surface area (Å²) in [6.07, 6.45) is 5.53. The average Bonchev–Trinajstić information content (AvgIpc) is 2.87. The van der Waals surface area contributed by atoms with Crippen molar-refractivity contribution in [3.63, 3.8) is 0 Å². The Morgan fingerprint density at radius 2 is 2.22 bits per heavy atom. The monoisotopic (exact) mass is 254 g/mol. The van der Waals surface area contributed by atoms with Crippen LogP contribution in [-0.2, 0) is 9.53 Å². The van der Waals surface area contributed by atoms with E-state index in [1.165, 1.54) is 6.42 Å². The number of carbonyl (C=O) groups is 1. The molecule has 0 bridgehead atoms. The zero-order valence-corrected chi connectivity index (χ0v) is 11.7. The van der Waals surface area contributed by atoms with Gasteiger partial charge in [-0.1, -0.05) is 6.92 Å². The van der Waals surface area contributed by atoms with Crippen molar-refractivity contribution >= 4 is 5.91 Å². The molecule has 1 N–H and O–H groups in total. The number of nitrogens with zero attached hydrogens (tertiary/aromatic N) is 1. The fourth-order valence-electron chi connectivity index (χ4n) is 3.28. The molecule has 2 aliphatic rings. The van der Waals surface area contributed by atoms with E-state index in [0.29, 0.717) is 11.9 Å². The molecule has 2 heterocycles. The molecule has 0 saturated carbocycles. The highest BCUT2D eigenvalue weighted by molar-refractivity contribution is 5.80. The van der Waals surface area contributed by atoms with Gasteiger partial charge in [0.1, 0.15) is 0 Å². The predicted molar refractivity (Wildman–Crippen MR) is 71.4 cm³/mol. The van der Waals surface area contributed by atoms with Gasteiger partial charge in [0.05, 0.1) is 12.0 Å². The number of likely N-dealkylation sites (tertiary alicyclic amines) is 1. The Morgan fingerprint density at radius 1 is 1.39 bits per heavy atom. The summed E-state index contributed by atoms with van der Waals surface area (Å²) in [5.74, 6) is 0.437. The lowest BCUT2D eigenvalue weighted by molar-refractivity contribution is -0.141. The number of carbonyl (C=O) groups excluding carboxylic acids is 1. The number of piperidine rings is 1. The lowest BCUT2D eigenvalue weighted by Gasteiger charge is -2.38. The van der Waals surface area contributed by atoms with E-state index < -0.39 is 0 Å². The molecule has 0 aromatic carbocycles. The summed E-state index contributed by atoms with van der Waals surface area (Å²) in [5, 5.41) is 3.21. The second-order valence-electron chi connectivity index (χ2n) is 5.45. The van der Waals surface area contributed by atoms with E-state index in [2.05, 4.69) is 17.1 Å². The lowest BCUT2D eigenvalue weighted by Crippen LogP contribution is -2.51. The second-order valence-corrected chi connectivity index (χ2v) is 5.45. The first-order valence-corrected chi connectivity index (χ1v) is 7.34. The molecule has 0 radical (unpaired) electrons. The lowest BCUT2D eigenvalue weighted by atomic mass is 9.94. The molecule has 4 heteroatoms. The maximum atomic E-state index is 12.7. The van der Waals surface area contributed by atoms with Crippen LogP contribution in [0, 0.1) is 5.92 Å². The summed E-state index contributed by atoms with van der Waals surface area (Å²) < 4.78 is 5.66. The van der Waals surface area contributed by atoms with Crippen LogP contribution >= 0.6 is 0 Å². The minimum absolute atomic E-state index is 0.104. The van der Waals surface area contributed by atoms with Gasteiger partial charge in [0.25, 0.3) is 0 Å². The van der Waals surface area contributed by atoms with Gasteiger partial charge in [0.2, 0.25) is 5.91 Å². The number of hydrogen-bond donors (Lipinski definition) is 1. The van der Waals surface area contributed by atoms with Crippen molar-refractivity contribution in [2.45, 2.75) is 51.2 Å². The Bertz CT molecular complexity index is 281. The fraction of sp³-hybridized carbons (Fsp3) is 0.929. The molecular weight excluding hydrogens is 228 g/mol. The molecule has 2 rings (SSSR count). The third-order valence-electron chi connectivity index (χ3n) is 4.28. The first kappa shape index (κ1) is 13.8. The van der Waals surface area contributed by atoms with E-state index >= 15 is 0 Å². The quantitative estimate of drug-likeness (QED) is 0.824. The van der Waals surface area contributed by atoms with Crippen LogP contribution in [0.2, 0.25) is 0 Å². The van der Waals surface area contributed by atoms with Gasteiger partial charge in [-0.25, -0.2) is 0 Å². The van der Waals surface area contributed by atoms with E-state index in [9.17, 15) is 4.79 Å². The van der Waals surface area contributed by atoms with Crippen molar-refractivity contribution in [3.8, 4) is 0 Å². The number of rotatable bonds is 4. The molecule has 0 spiro atoms. The molecule has 104 valence electrons. The molecular formula is C14H26N2O2. The maximum Gasteiger partial charge on any atom is 0.228 e. The van der Waals surface area contributed by atoms with Crippen LogP contribution in [0.1, 0.15) is 39.0 Å². The van der Waals surface area contributed by atoms with Crippen LogP contribution in [0.4, 0.5) is 0 Å². The molecule has 2 fully saturated rings. The van der Waals surface area contributed by atoms with Gasteiger partial charge in [-0.2, -0.15) is 0 Å². The molecule has 3 unspecified atom stereocenters. The Balaban J connectivity index is 2.01. The molecule has 0 aliphatic carbocycles. The standard InChI is InChI=1S/C14H26N2O2/c1-3-13-12(7-9-18-13)14(17)16-8-5-4-6-11(16)10-15-2/h11-13,15H,3-10H2,1-2H3. The predicted octanol–water partition coefficient (Wildman–Crippen LogP) is 1.40. The Labute approximate surface area is 110 Å². The van der Waals surface area contributed by atoms with Gasteiger partial charge in [-0.15, -0.1) is 0 Å². The van der Waals surface area contributed by atoms with Crippen LogP contribution in [0.15, 0.2) is 0 Å². The van der Waals surface area contributed by atoms with Gasteiger partial charge < -0.3 is 15.0 Å². The first-order valence-electron chi connectivity index (χ1n) is 7.34. The molecule has 2 saturated heterocycles. The van der Waals surface area contributed by atoms with Crippen molar-refractivity contribution < 1.29 is 9.53 Å². The van der Waals surface area contributed by atoms with Gasteiger partial charge in [-0.05, 0) is 39.2 Å². The summed E-state index contributed by atoms with van der Waals surface area (Å²) in [4.78, 5) is 14.8. The minimum atomic E-state index is 0.104. The number of ether oxygens (including phenoxy) is 1. The summed E-state index contributed by atoms with van der Waals surface area (Å²) in [6.45, 7) is 4.70. The third kappa shape index (κ3) is 2.86. The van der Waals surface area contributed by atoms with E-state index in [0.717, 1.165) is 45.4 Å². The molecule has 4 nitrogen and oxygen atoms in total. The molecule has 0 aromatic heterocycles. The van der Waals surface area contributed by atoms with Gasteiger partial charge in [0, 0.05) is 25.7 Å². The van der Waals surface area contributed by atoms with Crippen LogP contribution in [-0.4, -0.2) is 49.7 Å². The van der Waals surface area contributed by atoms with Gasteiger partial charge in [0.15, 0.2) is 0 Å². The van der Waals surface area contributed by atoms with Crippen molar-refractivity contribution in [3.05, 3.63) is 0 Å². The smallest absolute Gasteiger partial charge is 0.228 e. The van der Waals surface area contributed by atoms with Gasteiger partial charge >= 0.3 is 0 Å². The van der Waals surface area contributed by atoms with Crippen molar-refractivity contribution in [2.75, 3.05) is 26.7 Å². The van der Waals surface area contributed by atoms with E-state index in [1.807, 2.05) is 7.05 Å². The summed E-state index contributed by atoms with van der Waals surface area (Å²) >= 11 is 0. The number of nitrogens with one attached hydrogen (secondary N) is 1. The fourth-order valence-corrected chi connectivity index (χ4v) is 3.28. The Hall–Kier alpha value is -0.610. The zero-order chi connectivity index (χ0) is 13.0. The number of amides is 1. The zero-order valence-electron chi connectivity index (χ0n) is 11.7. The van der Waals surface area contributed by atoms with Crippen LogP contribution in [0.25, 0.3) is 0 Å². The first-order chi connectivity index (χ1) is 8.77. The largest absolute Gasteiger partial charge is 0.377 e. The van der Waals surface area contributed by atoms with E-state index in [1.54, 1.807) is 0 Å². The average molecular weight is 254 g/mol. The highest BCUT2D eigenvalue weighted by Crippen LogP contribution is 2.28. The van der Waals surface area contributed by atoms with Crippen molar-refractivity contribution in [1.82, 2.24) is 10.2 Å². The molecule has 1 amide bonds. The summed E-state index contributed by atoms with van der Waals surface area (Å²) in [7, 11) is 1.96. The SMILES string of the molecule is CCC1OCCC1C(=O)N1CCCCC1CNC. The van der Waals surface area contributed by atoms with E-state index in [4.69, 9.17) is 4.74 Å². The van der Waals surface area contributed by atoms with Crippen molar-refractivity contribution in [2.24, 2.45) is 5.92 Å². The second kappa shape index (κ2) is 6.53. The Kier molecular flexibility index (Phi) is 5.01. The highest BCUT2D eigenvalue weighted by atomic mass is 16.5. The number of likely N-dealkylation sites (N-methyl/N-ethyl adjacent to an activating group) is 1. The topological polar surface area (TPSA) is 41.6 Å². The van der Waals surface area contributed by atoms with E-state index in [-0.39, 0.29) is 12.0 Å². The molecule has 18 heavy (non-hydrogen) atoms. The highest BCUT2D eigenvalue weighted by Gasteiger charge is 2.38. The Morgan fingerprint density at radius 3 is 2.94 bits per heavy atom. The van der Waals surface area contributed by atoms with Crippen LogP contribution in [0.3, 0.4) is 0 Å². The molecule has 0 aromatic rings. The molecule has 3 atom stereocenters. The summed E-state index contributed by atoms with van der Waals surface area (Å²) in [6, 6.07) is 0.384.